The highest BCUT2D eigenvalue weighted by Crippen LogP contribution is 2.43. The van der Waals surface area contributed by atoms with Crippen LogP contribution >= 0.6 is 11.6 Å². The van der Waals surface area contributed by atoms with Crippen LogP contribution in [0.1, 0.15) is 31.7 Å². The highest BCUT2D eigenvalue weighted by Gasteiger charge is 2.55. The van der Waals surface area contributed by atoms with Crippen molar-refractivity contribution in [3.63, 3.8) is 0 Å². The molecule has 0 bridgehead atoms. The monoisotopic (exact) mass is 350 g/mol. The minimum absolute atomic E-state index is 0.168. The van der Waals surface area contributed by atoms with Crippen LogP contribution in [0, 0.1) is 5.92 Å². The summed E-state index contributed by atoms with van der Waals surface area (Å²) in [6.45, 7) is 3.09. The molecule has 0 aromatic heterocycles. The van der Waals surface area contributed by atoms with Gasteiger partial charge >= 0.3 is 6.03 Å². The fraction of sp³-hybridized carbons (Fsp3) is 0.529. The van der Waals surface area contributed by atoms with Gasteiger partial charge in [-0.2, -0.15) is 0 Å². The lowest BCUT2D eigenvalue weighted by atomic mass is 9.96. The Hall–Kier alpha value is -1.95. The van der Waals surface area contributed by atoms with Gasteiger partial charge in [-0.1, -0.05) is 11.6 Å². The van der Waals surface area contributed by atoms with Crippen molar-refractivity contribution in [3.05, 3.63) is 22.7 Å². The minimum Gasteiger partial charge on any atom is -0.489 e. The van der Waals surface area contributed by atoms with E-state index < -0.39 is 5.54 Å². The molecule has 3 aliphatic rings. The summed E-state index contributed by atoms with van der Waals surface area (Å²) in [5, 5.41) is 3.28. The molecule has 2 fully saturated rings. The molecule has 3 amide bonds. The molecular formula is C17H19ClN2O4. The summed E-state index contributed by atoms with van der Waals surface area (Å²) < 4.78 is 11.3. The number of nitrogens with one attached hydrogen (secondary N) is 1. The third kappa shape index (κ3) is 2.49. The molecule has 0 spiro atoms. The van der Waals surface area contributed by atoms with Crippen LogP contribution in [0.3, 0.4) is 0 Å². The van der Waals surface area contributed by atoms with Gasteiger partial charge in [0.25, 0.3) is 5.91 Å². The minimum atomic E-state index is -0.772. The van der Waals surface area contributed by atoms with Crippen molar-refractivity contribution in [1.82, 2.24) is 10.2 Å². The molecule has 1 unspecified atom stereocenters. The molecule has 0 radical (unpaired) electrons. The van der Waals surface area contributed by atoms with Gasteiger partial charge in [0.2, 0.25) is 0 Å². The summed E-state index contributed by atoms with van der Waals surface area (Å²) >= 11 is 6.29. The molecule has 1 aromatic rings. The summed E-state index contributed by atoms with van der Waals surface area (Å²) in [5.74, 6) is 1.16. The van der Waals surface area contributed by atoms with E-state index in [4.69, 9.17) is 21.1 Å². The quantitative estimate of drug-likeness (QED) is 0.851. The van der Waals surface area contributed by atoms with Crippen molar-refractivity contribution in [1.29, 1.82) is 0 Å². The maximum absolute atomic E-state index is 12.7. The molecule has 1 aromatic carbocycles. The Bertz CT molecular complexity index is 719. The van der Waals surface area contributed by atoms with E-state index >= 15 is 0 Å². The van der Waals surface area contributed by atoms with Gasteiger partial charge in [0, 0.05) is 6.42 Å². The number of fused-ring (bicyclic) bond motifs is 1. The van der Waals surface area contributed by atoms with Crippen LogP contribution in [0.15, 0.2) is 12.1 Å². The summed E-state index contributed by atoms with van der Waals surface area (Å²) in [7, 11) is 0. The van der Waals surface area contributed by atoms with Gasteiger partial charge in [0.1, 0.15) is 5.54 Å². The maximum Gasteiger partial charge on any atom is 0.325 e. The van der Waals surface area contributed by atoms with E-state index in [9.17, 15) is 9.59 Å². The second kappa shape index (κ2) is 5.55. The highest BCUT2D eigenvalue weighted by atomic mass is 35.5. The van der Waals surface area contributed by atoms with E-state index in [-0.39, 0.29) is 24.4 Å². The van der Waals surface area contributed by atoms with Gasteiger partial charge in [-0.25, -0.2) is 4.79 Å². The first-order chi connectivity index (χ1) is 11.5. The first kappa shape index (κ1) is 15.6. The molecule has 2 heterocycles. The van der Waals surface area contributed by atoms with E-state index in [0.29, 0.717) is 29.7 Å². The van der Waals surface area contributed by atoms with Crippen LogP contribution in [-0.4, -0.2) is 35.6 Å². The van der Waals surface area contributed by atoms with E-state index in [1.807, 2.05) is 6.92 Å². The standard InChI is InChI=1S/C17H19ClN2O4/c1-17(11-3-4-11)15(21)20(16(22)19-17)9-10-7-12(18)14-13(8-10)23-5-2-6-24-14/h7-8,11H,2-6,9H2,1H3,(H,19,22). The molecule has 1 saturated heterocycles. The Morgan fingerprint density at radius 2 is 2.04 bits per heavy atom. The number of hydrogen-bond acceptors (Lipinski definition) is 4. The zero-order valence-corrected chi connectivity index (χ0v) is 14.2. The van der Waals surface area contributed by atoms with Gasteiger partial charge in [0.05, 0.1) is 24.8 Å². The average Bonchev–Trinajstić information content (AvgIpc) is 3.35. The third-order valence-electron chi connectivity index (χ3n) is 4.90. The number of nitrogens with zero attached hydrogens (tertiary/aromatic N) is 1. The number of halogens is 1. The second-order valence-electron chi connectivity index (χ2n) is 6.75. The lowest BCUT2D eigenvalue weighted by Crippen LogP contribution is -2.46. The number of hydrogen-bond donors (Lipinski definition) is 1. The topological polar surface area (TPSA) is 67.9 Å². The SMILES string of the molecule is CC1(C2CC2)NC(=O)N(Cc2cc(Cl)c3c(c2)OCCCO3)C1=O. The first-order valence-electron chi connectivity index (χ1n) is 8.21. The van der Waals surface area contributed by atoms with Gasteiger partial charge in [-0.15, -0.1) is 0 Å². The lowest BCUT2D eigenvalue weighted by Gasteiger charge is -2.21. The van der Waals surface area contributed by atoms with Gasteiger partial charge < -0.3 is 14.8 Å². The molecule has 7 heteroatoms. The number of amides is 3. The summed E-state index contributed by atoms with van der Waals surface area (Å²) in [6.07, 6.45) is 2.74. The Labute approximate surface area is 145 Å². The fourth-order valence-electron chi connectivity index (χ4n) is 3.35. The van der Waals surface area contributed by atoms with Crippen molar-refractivity contribution in [2.24, 2.45) is 5.92 Å². The highest BCUT2D eigenvalue weighted by molar-refractivity contribution is 6.32. The summed E-state index contributed by atoms with van der Waals surface area (Å²) in [6, 6.07) is 3.17. The van der Waals surface area contributed by atoms with Crippen molar-refractivity contribution >= 4 is 23.5 Å². The summed E-state index contributed by atoms with van der Waals surface area (Å²) in [4.78, 5) is 26.2. The number of ether oxygens (including phenoxy) is 2. The first-order valence-corrected chi connectivity index (χ1v) is 8.59. The number of rotatable bonds is 3. The zero-order valence-electron chi connectivity index (χ0n) is 13.4. The van der Waals surface area contributed by atoms with Gasteiger partial charge in [-0.05, 0) is 43.4 Å². The largest absolute Gasteiger partial charge is 0.489 e. The Kier molecular flexibility index (Phi) is 3.60. The molecule has 128 valence electrons. The van der Waals surface area contributed by atoms with Crippen molar-refractivity contribution in [2.45, 2.75) is 38.3 Å². The zero-order chi connectivity index (χ0) is 16.9. The van der Waals surface area contributed by atoms with E-state index in [0.717, 1.165) is 24.8 Å². The molecule has 1 N–H and O–H groups in total. The predicted molar refractivity (Wildman–Crippen MR) is 87.3 cm³/mol. The Balaban J connectivity index is 1.59. The molecular weight excluding hydrogens is 332 g/mol. The Morgan fingerprint density at radius 3 is 2.79 bits per heavy atom. The van der Waals surface area contributed by atoms with Crippen LogP contribution in [-0.2, 0) is 11.3 Å². The summed E-state index contributed by atoms with van der Waals surface area (Å²) in [5.41, 5.74) is -0.0283. The van der Waals surface area contributed by atoms with E-state index in [1.165, 1.54) is 4.90 Å². The number of imide groups is 1. The smallest absolute Gasteiger partial charge is 0.325 e. The van der Waals surface area contributed by atoms with Gasteiger partial charge in [0.15, 0.2) is 11.5 Å². The Morgan fingerprint density at radius 1 is 1.29 bits per heavy atom. The van der Waals surface area contributed by atoms with Crippen molar-refractivity contribution in [3.8, 4) is 11.5 Å². The molecule has 6 nitrogen and oxygen atoms in total. The third-order valence-corrected chi connectivity index (χ3v) is 5.18. The van der Waals surface area contributed by atoms with E-state index in [2.05, 4.69) is 5.32 Å². The number of carbonyl (C=O) groups excluding carboxylic acids is 2. The normalized spacial score (nSPS) is 26.3. The van der Waals surface area contributed by atoms with Crippen LogP contribution in [0.25, 0.3) is 0 Å². The second-order valence-corrected chi connectivity index (χ2v) is 7.16. The van der Waals surface area contributed by atoms with Gasteiger partial charge in [-0.3, -0.25) is 9.69 Å². The number of urea groups is 1. The number of carbonyl (C=O) groups is 2. The maximum atomic E-state index is 12.7. The molecule has 4 rings (SSSR count). The van der Waals surface area contributed by atoms with E-state index in [1.54, 1.807) is 12.1 Å². The number of benzene rings is 1. The molecule has 1 atom stereocenters. The fourth-order valence-corrected chi connectivity index (χ4v) is 3.64. The predicted octanol–water partition coefficient (Wildman–Crippen LogP) is 2.72. The lowest BCUT2D eigenvalue weighted by molar-refractivity contribution is -0.131. The molecule has 2 aliphatic heterocycles. The molecule has 1 saturated carbocycles. The van der Waals surface area contributed by atoms with Crippen LogP contribution < -0.4 is 14.8 Å². The van der Waals surface area contributed by atoms with Crippen molar-refractivity contribution in [2.75, 3.05) is 13.2 Å². The average molecular weight is 351 g/mol. The van der Waals surface area contributed by atoms with Crippen LogP contribution in [0.5, 0.6) is 11.5 Å². The van der Waals surface area contributed by atoms with Crippen LogP contribution in [0.4, 0.5) is 4.79 Å². The molecule has 24 heavy (non-hydrogen) atoms. The van der Waals surface area contributed by atoms with Crippen molar-refractivity contribution < 1.29 is 19.1 Å². The molecule has 1 aliphatic carbocycles. The van der Waals surface area contributed by atoms with Crippen LogP contribution in [0.2, 0.25) is 5.02 Å².